The molecule has 9 nitrogen and oxygen atoms in total. The van der Waals surface area contributed by atoms with Gasteiger partial charge >= 0.3 is 0 Å². The number of nitrogens with zero attached hydrogens (tertiary/aromatic N) is 3. The molecule has 0 aliphatic carbocycles. The maximum absolute atomic E-state index is 13.4. The minimum Gasteiger partial charge on any atom is -0.508 e. The van der Waals surface area contributed by atoms with Crippen LogP contribution in [0.15, 0.2) is 78.9 Å². The highest BCUT2D eigenvalue weighted by atomic mass is 35.5. The zero-order valence-electron chi connectivity index (χ0n) is 21.4. The van der Waals surface area contributed by atoms with E-state index in [0.29, 0.717) is 10.7 Å². The number of carbonyl (C=O) groups excluding carboxylic acids is 4. The van der Waals surface area contributed by atoms with Gasteiger partial charge < -0.3 is 25.1 Å². The van der Waals surface area contributed by atoms with Crippen molar-refractivity contribution in [3.8, 4) is 5.75 Å². The molecule has 4 rings (SSSR count). The molecule has 2 N–H and O–H groups in total. The largest absolute Gasteiger partial charge is 0.508 e. The first kappa shape index (κ1) is 27.7. The number of hydrogen-bond donors (Lipinski definition) is 2. The third-order valence-electron chi connectivity index (χ3n) is 6.49. The van der Waals surface area contributed by atoms with Gasteiger partial charge in [0.25, 0.3) is 5.91 Å². The van der Waals surface area contributed by atoms with Crippen molar-refractivity contribution in [2.75, 3.05) is 38.1 Å². The Morgan fingerprint density at radius 1 is 1.00 bits per heavy atom. The molecule has 3 aromatic rings. The summed E-state index contributed by atoms with van der Waals surface area (Å²) in [6.45, 7) is -0.0262. The summed E-state index contributed by atoms with van der Waals surface area (Å²) in [6, 6.07) is 21.2. The number of hydrogen-bond acceptors (Lipinski definition) is 5. The third kappa shape index (κ3) is 7.14. The minimum atomic E-state index is -0.871. The molecule has 0 radical (unpaired) electrons. The number of nitrogens with one attached hydrogen (secondary N) is 1. The lowest BCUT2D eigenvalue weighted by atomic mass is 10.0. The Morgan fingerprint density at radius 3 is 2.38 bits per heavy atom. The van der Waals surface area contributed by atoms with Crippen LogP contribution in [-0.4, -0.2) is 77.8 Å². The summed E-state index contributed by atoms with van der Waals surface area (Å²) in [5.74, 6) is -1.59. The standard InChI is InChI=1S/C29H29ClN4O5/c1-32(23-12-10-22(30)11-13-23)29(39)25(16-20-6-3-2-4-7-20)31-26(36)18-33-14-15-34(19-27(33)37)28(38)21-8-5-9-24(35)17-21/h2-13,17,25,35H,14-16,18-19H2,1H3,(H,31,36)/t25-/m0/s1. The first-order valence-corrected chi connectivity index (χ1v) is 12.8. The van der Waals surface area contributed by atoms with E-state index in [1.54, 1.807) is 43.4 Å². The van der Waals surface area contributed by atoms with Crippen LogP contribution in [0, 0.1) is 0 Å². The van der Waals surface area contributed by atoms with Crippen molar-refractivity contribution in [2.24, 2.45) is 0 Å². The highest BCUT2D eigenvalue weighted by molar-refractivity contribution is 6.30. The van der Waals surface area contributed by atoms with Crippen molar-refractivity contribution < 1.29 is 24.3 Å². The van der Waals surface area contributed by atoms with E-state index in [2.05, 4.69) is 5.32 Å². The van der Waals surface area contributed by atoms with Crippen LogP contribution in [0.5, 0.6) is 5.75 Å². The Labute approximate surface area is 231 Å². The zero-order valence-corrected chi connectivity index (χ0v) is 22.2. The van der Waals surface area contributed by atoms with E-state index in [9.17, 15) is 24.3 Å². The van der Waals surface area contributed by atoms with E-state index in [-0.39, 0.29) is 61.6 Å². The fourth-order valence-corrected chi connectivity index (χ4v) is 4.49. The average Bonchev–Trinajstić information content (AvgIpc) is 2.93. The second-order valence-electron chi connectivity index (χ2n) is 9.28. The predicted octanol–water partition coefficient (Wildman–Crippen LogP) is 2.72. The summed E-state index contributed by atoms with van der Waals surface area (Å²) in [4.78, 5) is 56.2. The van der Waals surface area contributed by atoms with Gasteiger partial charge in [-0.2, -0.15) is 0 Å². The predicted molar refractivity (Wildman–Crippen MR) is 148 cm³/mol. The fourth-order valence-electron chi connectivity index (χ4n) is 4.36. The molecule has 0 bridgehead atoms. The maximum Gasteiger partial charge on any atom is 0.254 e. The monoisotopic (exact) mass is 548 g/mol. The average molecular weight is 549 g/mol. The van der Waals surface area contributed by atoms with Crippen molar-refractivity contribution in [1.29, 1.82) is 0 Å². The highest BCUT2D eigenvalue weighted by Crippen LogP contribution is 2.19. The van der Waals surface area contributed by atoms with Gasteiger partial charge in [-0.25, -0.2) is 0 Å². The van der Waals surface area contributed by atoms with Gasteiger partial charge in [0.1, 0.15) is 18.3 Å². The van der Waals surface area contributed by atoms with E-state index < -0.39 is 11.9 Å². The van der Waals surface area contributed by atoms with Crippen molar-refractivity contribution in [3.63, 3.8) is 0 Å². The number of aromatic hydroxyl groups is 1. The van der Waals surface area contributed by atoms with Gasteiger partial charge in [0.15, 0.2) is 0 Å². The van der Waals surface area contributed by atoms with Crippen LogP contribution in [0.2, 0.25) is 5.02 Å². The van der Waals surface area contributed by atoms with Crippen LogP contribution >= 0.6 is 11.6 Å². The molecule has 1 fully saturated rings. The zero-order chi connectivity index (χ0) is 27.9. The molecule has 1 aliphatic heterocycles. The van der Waals surface area contributed by atoms with Crippen LogP contribution in [0.1, 0.15) is 15.9 Å². The molecule has 0 aromatic heterocycles. The van der Waals surface area contributed by atoms with E-state index in [1.165, 1.54) is 26.8 Å². The Kier molecular flexibility index (Phi) is 8.83. The lowest BCUT2D eigenvalue weighted by Gasteiger charge is -2.34. The molecule has 1 saturated heterocycles. The molecule has 39 heavy (non-hydrogen) atoms. The van der Waals surface area contributed by atoms with Crippen molar-refractivity contribution in [2.45, 2.75) is 12.5 Å². The van der Waals surface area contributed by atoms with Gasteiger partial charge in [0.05, 0.1) is 6.54 Å². The van der Waals surface area contributed by atoms with Gasteiger partial charge in [0.2, 0.25) is 17.7 Å². The number of rotatable bonds is 8. The number of carbonyl (C=O) groups is 4. The topological polar surface area (TPSA) is 110 Å². The Bertz CT molecular complexity index is 1350. The second kappa shape index (κ2) is 12.4. The first-order chi connectivity index (χ1) is 18.7. The smallest absolute Gasteiger partial charge is 0.254 e. The molecule has 1 heterocycles. The molecule has 202 valence electrons. The van der Waals surface area contributed by atoms with E-state index in [0.717, 1.165) is 5.56 Å². The molecule has 0 spiro atoms. The number of phenols is 1. The molecule has 10 heteroatoms. The second-order valence-corrected chi connectivity index (χ2v) is 9.71. The van der Waals surface area contributed by atoms with Gasteiger partial charge in [-0.15, -0.1) is 0 Å². The number of anilines is 1. The lowest BCUT2D eigenvalue weighted by Crippen LogP contribution is -2.56. The van der Waals surface area contributed by atoms with E-state index >= 15 is 0 Å². The van der Waals surface area contributed by atoms with Crippen molar-refractivity contribution >= 4 is 40.9 Å². The summed E-state index contributed by atoms with van der Waals surface area (Å²) in [5.41, 5.74) is 1.77. The van der Waals surface area contributed by atoms with Gasteiger partial charge in [-0.1, -0.05) is 48.0 Å². The molecular weight excluding hydrogens is 520 g/mol. The summed E-state index contributed by atoms with van der Waals surface area (Å²) in [6.07, 6.45) is 0.267. The van der Waals surface area contributed by atoms with E-state index in [1.807, 2.05) is 30.3 Å². The third-order valence-corrected chi connectivity index (χ3v) is 6.75. The van der Waals surface area contributed by atoms with Crippen molar-refractivity contribution in [3.05, 3.63) is 95.0 Å². The van der Waals surface area contributed by atoms with Gasteiger partial charge in [-0.05, 0) is 48.0 Å². The number of benzene rings is 3. The molecule has 0 unspecified atom stereocenters. The summed E-state index contributed by atoms with van der Waals surface area (Å²) in [5, 5.41) is 13.0. The number of phenolic OH excluding ortho intramolecular Hbond substituents is 1. The quantitative estimate of drug-likeness (QED) is 0.450. The number of likely N-dealkylation sites (N-methyl/N-ethyl adjacent to an activating group) is 1. The summed E-state index contributed by atoms with van der Waals surface area (Å²) in [7, 11) is 1.63. The van der Waals surface area contributed by atoms with Crippen LogP contribution in [-0.2, 0) is 20.8 Å². The molecular formula is C29H29ClN4O5. The molecule has 3 aromatic carbocycles. The lowest BCUT2D eigenvalue weighted by molar-refractivity contribution is -0.139. The van der Waals surface area contributed by atoms with Crippen LogP contribution in [0.3, 0.4) is 0 Å². The number of halogens is 1. The van der Waals surface area contributed by atoms with Crippen molar-refractivity contribution in [1.82, 2.24) is 15.1 Å². The Hall–Kier alpha value is -4.37. The van der Waals surface area contributed by atoms with E-state index in [4.69, 9.17) is 11.6 Å². The molecule has 4 amide bonds. The normalized spacial score (nSPS) is 14.1. The SMILES string of the molecule is CN(C(=O)[C@H](Cc1ccccc1)NC(=O)CN1CCN(C(=O)c2cccc(O)c2)CC1=O)c1ccc(Cl)cc1. The first-order valence-electron chi connectivity index (χ1n) is 12.4. The van der Waals surface area contributed by atoms with Gasteiger partial charge in [0, 0.05) is 42.8 Å². The fraction of sp³-hybridized carbons (Fsp3) is 0.241. The summed E-state index contributed by atoms with van der Waals surface area (Å²) < 4.78 is 0. The molecule has 0 saturated carbocycles. The maximum atomic E-state index is 13.4. The number of piperazine rings is 1. The van der Waals surface area contributed by atoms with Crippen LogP contribution in [0.25, 0.3) is 0 Å². The number of amides is 4. The Balaban J connectivity index is 1.40. The molecule has 1 atom stereocenters. The molecule has 1 aliphatic rings. The minimum absolute atomic E-state index is 0.0382. The van der Waals surface area contributed by atoms with Crippen LogP contribution < -0.4 is 10.2 Å². The summed E-state index contributed by atoms with van der Waals surface area (Å²) >= 11 is 5.98. The Morgan fingerprint density at radius 2 is 1.72 bits per heavy atom. The van der Waals surface area contributed by atoms with Crippen LogP contribution in [0.4, 0.5) is 5.69 Å². The highest BCUT2D eigenvalue weighted by Gasteiger charge is 2.31. The van der Waals surface area contributed by atoms with Gasteiger partial charge in [-0.3, -0.25) is 19.2 Å².